The van der Waals surface area contributed by atoms with Gasteiger partial charge in [0.1, 0.15) is 6.29 Å². The van der Waals surface area contributed by atoms with Crippen molar-refractivity contribution in [3.63, 3.8) is 0 Å². The van der Waals surface area contributed by atoms with E-state index in [-0.39, 0.29) is 0 Å². The minimum absolute atomic E-state index is 0.725. The Morgan fingerprint density at radius 1 is 1.33 bits per heavy atom. The summed E-state index contributed by atoms with van der Waals surface area (Å²) < 4.78 is 2.13. The largest absolute Gasteiger partial charge is 0.344 e. The molecule has 0 saturated carbocycles. The van der Waals surface area contributed by atoms with E-state index in [9.17, 15) is 4.79 Å². The molecule has 1 aromatic carbocycles. The number of nitrogens with zero attached hydrogens (tertiary/aromatic N) is 1. The van der Waals surface area contributed by atoms with Crippen LogP contribution in [0.4, 0.5) is 0 Å². The summed E-state index contributed by atoms with van der Waals surface area (Å²) in [6.45, 7) is 2.85. The van der Waals surface area contributed by atoms with Gasteiger partial charge in [0.05, 0.1) is 0 Å². The SMILES string of the molecule is C/C=C/Cn1ccc2ccc(C=O)cc21. The molecule has 2 rings (SSSR count). The fourth-order valence-electron chi connectivity index (χ4n) is 1.65. The first-order chi connectivity index (χ1) is 7.35. The second-order valence-corrected chi connectivity index (χ2v) is 3.47. The third kappa shape index (κ3) is 1.84. The van der Waals surface area contributed by atoms with Gasteiger partial charge in [-0.3, -0.25) is 4.79 Å². The molecule has 76 valence electrons. The first-order valence-electron chi connectivity index (χ1n) is 5.00. The molecule has 0 atom stereocenters. The number of benzene rings is 1. The summed E-state index contributed by atoms with van der Waals surface area (Å²) in [4.78, 5) is 10.7. The zero-order chi connectivity index (χ0) is 10.7. The molecule has 0 N–H and O–H groups in total. The van der Waals surface area contributed by atoms with E-state index in [2.05, 4.69) is 16.7 Å². The van der Waals surface area contributed by atoms with Gasteiger partial charge in [-0.1, -0.05) is 24.3 Å². The van der Waals surface area contributed by atoms with Crippen molar-refractivity contribution in [2.45, 2.75) is 13.5 Å². The Hall–Kier alpha value is -1.83. The lowest BCUT2D eigenvalue weighted by Crippen LogP contribution is -1.92. The Morgan fingerprint density at radius 3 is 2.93 bits per heavy atom. The summed E-state index contributed by atoms with van der Waals surface area (Å²) in [5, 5.41) is 1.17. The van der Waals surface area contributed by atoms with Gasteiger partial charge in [0, 0.05) is 23.8 Å². The Kier molecular flexibility index (Phi) is 2.68. The fraction of sp³-hybridized carbons (Fsp3) is 0.154. The van der Waals surface area contributed by atoms with Crippen LogP contribution < -0.4 is 0 Å². The average Bonchev–Trinajstić information content (AvgIpc) is 2.68. The zero-order valence-corrected chi connectivity index (χ0v) is 8.68. The summed E-state index contributed by atoms with van der Waals surface area (Å²) in [7, 11) is 0. The highest BCUT2D eigenvalue weighted by Crippen LogP contribution is 2.17. The maximum absolute atomic E-state index is 10.7. The van der Waals surface area contributed by atoms with Crippen molar-refractivity contribution in [3.05, 3.63) is 48.2 Å². The molecule has 0 saturated heterocycles. The number of carbonyl (C=O) groups is 1. The first kappa shape index (κ1) is 9.71. The molecular weight excluding hydrogens is 186 g/mol. The number of fused-ring (bicyclic) bond motifs is 1. The molecule has 0 amide bonds. The smallest absolute Gasteiger partial charge is 0.150 e. The van der Waals surface area contributed by atoms with Crippen molar-refractivity contribution in [3.8, 4) is 0 Å². The molecule has 2 heteroatoms. The highest BCUT2D eigenvalue weighted by molar-refractivity contribution is 5.87. The molecule has 0 spiro atoms. The van der Waals surface area contributed by atoms with Crippen LogP contribution in [0.5, 0.6) is 0 Å². The van der Waals surface area contributed by atoms with Crippen LogP contribution in [0, 0.1) is 0 Å². The number of carbonyl (C=O) groups excluding carboxylic acids is 1. The monoisotopic (exact) mass is 199 g/mol. The van der Waals surface area contributed by atoms with Crippen LogP contribution in [0.3, 0.4) is 0 Å². The molecule has 0 fully saturated rings. The van der Waals surface area contributed by atoms with E-state index in [0.717, 1.165) is 23.9 Å². The van der Waals surface area contributed by atoms with Crippen molar-refractivity contribution in [2.24, 2.45) is 0 Å². The van der Waals surface area contributed by atoms with E-state index in [1.807, 2.05) is 37.4 Å². The molecule has 0 radical (unpaired) electrons. The Labute approximate surface area is 88.8 Å². The molecular formula is C13H13NO. The molecule has 1 heterocycles. The second kappa shape index (κ2) is 4.13. The number of hydrogen-bond donors (Lipinski definition) is 0. The molecule has 0 aliphatic heterocycles. The Balaban J connectivity index is 2.51. The van der Waals surface area contributed by atoms with E-state index >= 15 is 0 Å². The first-order valence-corrected chi connectivity index (χ1v) is 5.00. The third-order valence-electron chi connectivity index (χ3n) is 2.47. The average molecular weight is 199 g/mol. The van der Waals surface area contributed by atoms with E-state index in [0.29, 0.717) is 0 Å². The van der Waals surface area contributed by atoms with Crippen LogP contribution in [0.2, 0.25) is 0 Å². The van der Waals surface area contributed by atoms with Crippen molar-refractivity contribution < 1.29 is 4.79 Å². The predicted octanol–water partition coefficient (Wildman–Crippen LogP) is 3.03. The van der Waals surface area contributed by atoms with Crippen molar-refractivity contribution in [2.75, 3.05) is 0 Å². The normalized spacial score (nSPS) is 11.3. The number of aldehydes is 1. The topological polar surface area (TPSA) is 22.0 Å². The van der Waals surface area contributed by atoms with Crippen LogP contribution in [0.15, 0.2) is 42.6 Å². The summed E-state index contributed by atoms with van der Waals surface area (Å²) in [5.74, 6) is 0. The van der Waals surface area contributed by atoms with Gasteiger partial charge in [-0.2, -0.15) is 0 Å². The predicted molar refractivity (Wildman–Crippen MR) is 62.1 cm³/mol. The van der Waals surface area contributed by atoms with Gasteiger partial charge < -0.3 is 4.57 Å². The highest BCUT2D eigenvalue weighted by Gasteiger charge is 2.00. The van der Waals surface area contributed by atoms with Gasteiger partial charge >= 0.3 is 0 Å². The van der Waals surface area contributed by atoms with Crippen molar-refractivity contribution >= 4 is 17.2 Å². The van der Waals surface area contributed by atoms with Crippen LogP contribution in [0.1, 0.15) is 17.3 Å². The molecule has 1 aromatic heterocycles. The second-order valence-electron chi connectivity index (χ2n) is 3.47. The molecule has 0 aliphatic rings. The minimum Gasteiger partial charge on any atom is -0.344 e. The molecule has 2 aromatic rings. The van der Waals surface area contributed by atoms with Crippen molar-refractivity contribution in [1.29, 1.82) is 0 Å². The number of hydrogen-bond acceptors (Lipinski definition) is 1. The van der Waals surface area contributed by atoms with E-state index in [1.54, 1.807) is 0 Å². The molecule has 2 nitrogen and oxygen atoms in total. The summed E-state index contributed by atoms with van der Waals surface area (Å²) >= 11 is 0. The minimum atomic E-state index is 0.725. The number of aromatic nitrogens is 1. The van der Waals surface area contributed by atoms with Crippen LogP contribution in [0.25, 0.3) is 10.9 Å². The number of rotatable bonds is 3. The molecule has 0 unspecified atom stereocenters. The standard InChI is InChI=1S/C13H13NO/c1-2-3-7-14-8-6-12-5-4-11(10-15)9-13(12)14/h2-6,8-10H,7H2,1H3/b3-2+. The zero-order valence-electron chi connectivity index (χ0n) is 8.68. The lowest BCUT2D eigenvalue weighted by atomic mass is 10.2. The van der Waals surface area contributed by atoms with Gasteiger partial charge in [-0.25, -0.2) is 0 Å². The molecule has 0 bridgehead atoms. The van der Waals surface area contributed by atoms with Gasteiger partial charge in [0.2, 0.25) is 0 Å². The molecule has 15 heavy (non-hydrogen) atoms. The fourth-order valence-corrected chi connectivity index (χ4v) is 1.65. The van der Waals surface area contributed by atoms with Gasteiger partial charge in [0.15, 0.2) is 0 Å². The Bertz CT molecular complexity index is 508. The van der Waals surface area contributed by atoms with E-state index < -0.39 is 0 Å². The van der Waals surface area contributed by atoms with Crippen LogP contribution in [-0.4, -0.2) is 10.9 Å². The van der Waals surface area contributed by atoms with Crippen molar-refractivity contribution in [1.82, 2.24) is 4.57 Å². The van der Waals surface area contributed by atoms with Crippen LogP contribution >= 0.6 is 0 Å². The Morgan fingerprint density at radius 2 is 2.20 bits per heavy atom. The maximum atomic E-state index is 10.7. The van der Waals surface area contributed by atoms with Gasteiger partial charge in [-0.15, -0.1) is 0 Å². The lowest BCUT2D eigenvalue weighted by molar-refractivity contribution is 0.112. The summed E-state index contributed by atoms with van der Waals surface area (Å²) in [6.07, 6.45) is 7.04. The van der Waals surface area contributed by atoms with E-state index in [4.69, 9.17) is 0 Å². The van der Waals surface area contributed by atoms with Gasteiger partial charge in [-0.05, 0) is 24.4 Å². The summed E-state index contributed by atoms with van der Waals surface area (Å²) in [6, 6.07) is 7.81. The summed E-state index contributed by atoms with van der Waals surface area (Å²) in [5.41, 5.74) is 1.83. The number of allylic oxidation sites excluding steroid dienone is 2. The highest BCUT2D eigenvalue weighted by atomic mass is 16.1. The van der Waals surface area contributed by atoms with E-state index in [1.165, 1.54) is 5.39 Å². The quantitative estimate of drug-likeness (QED) is 0.550. The maximum Gasteiger partial charge on any atom is 0.150 e. The van der Waals surface area contributed by atoms with Gasteiger partial charge in [0.25, 0.3) is 0 Å². The molecule has 0 aliphatic carbocycles. The lowest BCUT2D eigenvalue weighted by Gasteiger charge is -2.01. The third-order valence-corrected chi connectivity index (χ3v) is 2.47. The van der Waals surface area contributed by atoms with Crippen LogP contribution in [-0.2, 0) is 6.54 Å².